The lowest BCUT2D eigenvalue weighted by atomic mass is 10.2. The number of piperazine rings is 1. The number of benzene rings is 2. The standard InChI is InChI=1S/C18H21N3O4S/c22-21(23)18-9-5-4-8-17(18)20-12-10-19(11-13-20)14-15-26(24,25)16-6-2-1-3-7-16/h1-9H,10-15H2. The zero-order chi connectivity index (χ0) is 18.6. The highest BCUT2D eigenvalue weighted by Crippen LogP contribution is 2.28. The molecule has 0 aromatic heterocycles. The molecule has 1 aliphatic heterocycles. The van der Waals surface area contributed by atoms with Crippen LogP contribution in [0.2, 0.25) is 0 Å². The van der Waals surface area contributed by atoms with Crippen LogP contribution in [0.25, 0.3) is 0 Å². The summed E-state index contributed by atoms with van der Waals surface area (Å²) in [6.07, 6.45) is 0. The van der Waals surface area contributed by atoms with Crippen molar-refractivity contribution in [1.82, 2.24) is 4.90 Å². The maximum absolute atomic E-state index is 12.4. The van der Waals surface area contributed by atoms with Crippen molar-refractivity contribution < 1.29 is 13.3 Å². The summed E-state index contributed by atoms with van der Waals surface area (Å²) in [6.45, 7) is 3.08. The van der Waals surface area contributed by atoms with E-state index in [0.717, 1.165) is 0 Å². The molecule has 1 saturated heterocycles. The fourth-order valence-electron chi connectivity index (χ4n) is 3.09. The fourth-order valence-corrected chi connectivity index (χ4v) is 4.40. The Kier molecular flexibility index (Phi) is 5.53. The fraction of sp³-hybridized carbons (Fsp3) is 0.333. The normalized spacial score (nSPS) is 15.8. The molecule has 0 spiro atoms. The van der Waals surface area contributed by atoms with Crippen molar-refractivity contribution in [1.29, 1.82) is 0 Å². The molecule has 1 aliphatic rings. The first kappa shape index (κ1) is 18.3. The molecule has 3 rings (SSSR count). The van der Waals surface area contributed by atoms with Gasteiger partial charge in [0.15, 0.2) is 9.84 Å². The number of nitro groups is 1. The maximum Gasteiger partial charge on any atom is 0.292 e. The van der Waals surface area contributed by atoms with Crippen LogP contribution < -0.4 is 4.90 Å². The molecular weight excluding hydrogens is 354 g/mol. The zero-order valence-electron chi connectivity index (χ0n) is 14.3. The number of rotatable bonds is 6. The number of nitrogens with zero attached hydrogens (tertiary/aromatic N) is 3. The van der Waals surface area contributed by atoms with E-state index >= 15 is 0 Å². The van der Waals surface area contributed by atoms with E-state index in [1.54, 1.807) is 48.5 Å². The van der Waals surface area contributed by atoms with Crippen molar-refractivity contribution in [2.45, 2.75) is 4.90 Å². The first-order valence-electron chi connectivity index (χ1n) is 8.46. The van der Waals surface area contributed by atoms with E-state index in [2.05, 4.69) is 4.90 Å². The Morgan fingerprint density at radius 3 is 2.19 bits per heavy atom. The Hall–Kier alpha value is -2.45. The van der Waals surface area contributed by atoms with Gasteiger partial charge in [-0.1, -0.05) is 30.3 Å². The lowest BCUT2D eigenvalue weighted by molar-refractivity contribution is -0.384. The van der Waals surface area contributed by atoms with Gasteiger partial charge in [0.05, 0.1) is 15.6 Å². The number of para-hydroxylation sites is 2. The van der Waals surface area contributed by atoms with Crippen LogP contribution in [-0.4, -0.2) is 56.7 Å². The predicted octanol–water partition coefficient (Wildman–Crippen LogP) is 2.19. The Morgan fingerprint density at radius 1 is 0.923 bits per heavy atom. The molecule has 8 heteroatoms. The quantitative estimate of drug-likeness (QED) is 0.568. The summed E-state index contributed by atoms with van der Waals surface area (Å²) in [5, 5.41) is 11.2. The van der Waals surface area contributed by atoms with E-state index in [9.17, 15) is 18.5 Å². The van der Waals surface area contributed by atoms with Crippen LogP contribution in [-0.2, 0) is 9.84 Å². The lowest BCUT2D eigenvalue weighted by Crippen LogP contribution is -2.47. The molecule has 0 saturated carbocycles. The Morgan fingerprint density at radius 2 is 1.54 bits per heavy atom. The predicted molar refractivity (Wildman–Crippen MR) is 100 cm³/mol. The molecular formula is C18H21N3O4S. The maximum atomic E-state index is 12.4. The van der Waals surface area contributed by atoms with E-state index in [4.69, 9.17) is 0 Å². The van der Waals surface area contributed by atoms with Gasteiger partial charge in [0.25, 0.3) is 5.69 Å². The molecule has 26 heavy (non-hydrogen) atoms. The number of hydrogen-bond acceptors (Lipinski definition) is 6. The van der Waals surface area contributed by atoms with E-state index < -0.39 is 9.84 Å². The summed E-state index contributed by atoms with van der Waals surface area (Å²) in [6, 6.07) is 15.2. The Bertz CT molecular complexity index is 863. The topological polar surface area (TPSA) is 83.8 Å². The summed E-state index contributed by atoms with van der Waals surface area (Å²) in [4.78, 5) is 15.2. The van der Waals surface area contributed by atoms with E-state index in [0.29, 0.717) is 43.3 Å². The van der Waals surface area contributed by atoms with Crippen molar-refractivity contribution in [2.24, 2.45) is 0 Å². The zero-order valence-corrected chi connectivity index (χ0v) is 15.1. The first-order valence-corrected chi connectivity index (χ1v) is 10.1. The van der Waals surface area contributed by atoms with Gasteiger partial charge in [0, 0.05) is 38.8 Å². The third-order valence-electron chi connectivity index (χ3n) is 4.57. The Labute approximate surface area is 152 Å². The first-order chi connectivity index (χ1) is 12.5. The number of hydrogen-bond donors (Lipinski definition) is 0. The summed E-state index contributed by atoms with van der Waals surface area (Å²) >= 11 is 0. The van der Waals surface area contributed by atoms with Crippen molar-refractivity contribution in [2.75, 3.05) is 43.4 Å². The summed E-state index contributed by atoms with van der Waals surface area (Å²) < 4.78 is 24.7. The number of nitro benzene ring substituents is 1. The van der Waals surface area contributed by atoms with Crippen LogP contribution in [0, 0.1) is 10.1 Å². The van der Waals surface area contributed by atoms with Crippen molar-refractivity contribution in [3.8, 4) is 0 Å². The molecule has 0 aliphatic carbocycles. The largest absolute Gasteiger partial charge is 0.363 e. The van der Waals surface area contributed by atoms with Crippen LogP contribution in [0.3, 0.4) is 0 Å². The molecule has 2 aromatic carbocycles. The van der Waals surface area contributed by atoms with Crippen molar-refractivity contribution in [3.63, 3.8) is 0 Å². The van der Waals surface area contributed by atoms with Crippen LogP contribution in [0.1, 0.15) is 0 Å². The second kappa shape index (κ2) is 7.84. The molecule has 1 fully saturated rings. The van der Waals surface area contributed by atoms with Gasteiger partial charge < -0.3 is 4.90 Å². The lowest BCUT2D eigenvalue weighted by Gasteiger charge is -2.35. The van der Waals surface area contributed by atoms with E-state index in [-0.39, 0.29) is 16.4 Å². The number of sulfone groups is 1. The number of anilines is 1. The van der Waals surface area contributed by atoms with Crippen molar-refractivity contribution >= 4 is 21.2 Å². The van der Waals surface area contributed by atoms with Gasteiger partial charge in [0.1, 0.15) is 5.69 Å². The molecule has 7 nitrogen and oxygen atoms in total. The van der Waals surface area contributed by atoms with Crippen LogP contribution in [0.4, 0.5) is 11.4 Å². The molecule has 0 atom stereocenters. The third-order valence-corrected chi connectivity index (χ3v) is 6.28. The monoisotopic (exact) mass is 375 g/mol. The highest BCUT2D eigenvalue weighted by atomic mass is 32.2. The van der Waals surface area contributed by atoms with Crippen LogP contribution >= 0.6 is 0 Å². The minimum Gasteiger partial charge on any atom is -0.363 e. The van der Waals surface area contributed by atoms with Gasteiger partial charge in [-0.2, -0.15) is 0 Å². The minimum absolute atomic E-state index is 0.0719. The van der Waals surface area contributed by atoms with Crippen molar-refractivity contribution in [3.05, 3.63) is 64.7 Å². The summed E-state index contributed by atoms with van der Waals surface area (Å²) in [5.74, 6) is 0.0719. The highest BCUT2D eigenvalue weighted by molar-refractivity contribution is 7.91. The smallest absolute Gasteiger partial charge is 0.292 e. The average Bonchev–Trinajstić information content (AvgIpc) is 2.67. The molecule has 138 valence electrons. The minimum atomic E-state index is -3.29. The van der Waals surface area contributed by atoms with Crippen LogP contribution in [0.15, 0.2) is 59.5 Å². The van der Waals surface area contributed by atoms with Gasteiger partial charge >= 0.3 is 0 Å². The van der Waals surface area contributed by atoms with Gasteiger partial charge in [0.2, 0.25) is 0 Å². The molecule has 0 amide bonds. The summed E-state index contributed by atoms with van der Waals surface area (Å²) in [5.41, 5.74) is 0.724. The highest BCUT2D eigenvalue weighted by Gasteiger charge is 2.24. The molecule has 0 bridgehead atoms. The second-order valence-electron chi connectivity index (χ2n) is 6.21. The van der Waals surface area contributed by atoms with Gasteiger partial charge in [-0.15, -0.1) is 0 Å². The molecule has 1 heterocycles. The van der Waals surface area contributed by atoms with Crippen LogP contribution in [0.5, 0.6) is 0 Å². The molecule has 0 unspecified atom stereocenters. The SMILES string of the molecule is O=[N+]([O-])c1ccccc1N1CCN(CCS(=O)(=O)c2ccccc2)CC1. The molecule has 2 aromatic rings. The summed E-state index contributed by atoms with van der Waals surface area (Å²) in [7, 11) is -3.29. The van der Waals surface area contributed by atoms with Gasteiger partial charge in [-0.25, -0.2) is 8.42 Å². The van der Waals surface area contributed by atoms with Gasteiger partial charge in [-0.3, -0.25) is 15.0 Å². The van der Waals surface area contributed by atoms with E-state index in [1.165, 1.54) is 6.07 Å². The van der Waals surface area contributed by atoms with Gasteiger partial charge in [-0.05, 0) is 18.2 Å². The average molecular weight is 375 g/mol. The van der Waals surface area contributed by atoms with E-state index in [1.807, 2.05) is 4.90 Å². The Balaban J connectivity index is 1.57. The second-order valence-corrected chi connectivity index (χ2v) is 8.32. The molecule has 0 radical (unpaired) electrons. The molecule has 0 N–H and O–H groups in total. The third kappa shape index (κ3) is 4.20.